The fourth-order valence-electron chi connectivity index (χ4n) is 1.56. The highest BCUT2D eigenvalue weighted by Crippen LogP contribution is 2.20. The number of rotatable bonds is 8. The zero-order valence-corrected chi connectivity index (χ0v) is 12.2. The first-order chi connectivity index (χ1) is 8.17. The van der Waals surface area contributed by atoms with Crippen molar-refractivity contribution in [1.29, 1.82) is 0 Å². The van der Waals surface area contributed by atoms with Crippen LogP contribution in [0.2, 0.25) is 0 Å². The van der Waals surface area contributed by atoms with Gasteiger partial charge in [-0.05, 0) is 13.3 Å². The second kappa shape index (κ2) is 7.80. The van der Waals surface area contributed by atoms with E-state index in [1.165, 1.54) is 15.6 Å². The van der Waals surface area contributed by atoms with Crippen LogP contribution in [-0.4, -0.2) is 24.2 Å². The Labute approximate surface area is 109 Å². The Morgan fingerprint density at radius 1 is 1.35 bits per heavy atom. The maximum absolute atomic E-state index is 5.37. The van der Waals surface area contributed by atoms with Crippen LogP contribution in [0.3, 0.4) is 0 Å². The second-order valence-corrected chi connectivity index (χ2v) is 5.48. The molecule has 3 nitrogen and oxygen atoms in total. The van der Waals surface area contributed by atoms with E-state index in [4.69, 9.17) is 4.74 Å². The molecule has 0 radical (unpaired) electrons. The summed E-state index contributed by atoms with van der Waals surface area (Å²) in [6, 6.07) is 0.522. The van der Waals surface area contributed by atoms with E-state index in [2.05, 4.69) is 31.1 Å². The van der Waals surface area contributed by atoms with E-state index in [-0.39, 0.29) is 0 Å². The molecule has 1 aromatic rings. The average molecular weight is 256 g/mol. The minimum absolute atomic E-state index is 0.522. The number of thiazole rings is 1. The molecule has 0 fully saturated rings. The number of aromatic nitrogens is 1. The molecule has 4 heteroatoms. The summed E-state index contributed by atoms with van der Waals surface area (Å²) in [7, 11) is 0. The SMILES string of the molecule is CCOCCc1nc(CC)c(CNC(C)C)s1. The molecule has 0 amide bonds. The van der Waals surface area contributed by atoms with Crippen molar-refractivity contribution in [2.24, 2.45) is 0 Å². The first-order valence-corrected chi connectivity index (χ1v) is 7.27. The van der Waals surface area contributed by atoms with Crippen LogP contribution in [-0.2, 0) is 24.1 Å². The lowest BCUT2D eigenvalue weighted by Crippen LogP contribution is -2.21. The first-order valence-electron chi connectivity index (χ1n) is 6.45. The number of ether oxygens (including phenoxy) is 1. The van der Waals surface area contributed by atoms with Gasteiger partial charge in [-0.15, -0.1) is 11.3 Å². The van der Waals surface area contributed by atoms with Crippen LogP contribution in [0, 0.1) is 0 Å². The highest BCUT2D eigenvalue weighted by atomic mass is 32.1. The second-order valence-electron chi connectivity index (χ2n) is 4.31. The van der Waals surface area contributed by atoms with Crippen LogP contribution in [0.5, 0.6) is 0 Å². The third kappa shape index (κ3) is 5.15. The predicted octanol–water partition coefficient (Wildman–Crippen LogP) is 2.78. The normalized spacial score (nSPS) is 11.4. The van der Waals surface area contributed by atoms with Crippen molar-refractivity contribution in [3.05, 3.63) is 15.6 Å². The topological polar surface area (TPSA) is 34.1 Å². The van der Waals surface area contributed by atoms with Gasteiger partial charge in [0.2, 0.25) is 0 Å². The van der Waals surface area contributed by atoms with Crippen LogP contribution >= 0.6 is 11.3 Å². The lowest BCUT2D eigenvalue weighted by Gasteiger charge is -2.06. The van der Waals surface area contributed by atoms with Crippen LogP contribution < -0.4 is 5.32 Å². The predicted molar refractivity (Wildman–Crippen MR) is 73.7 cm³/mol. The highest BCUT2D eigenvalue weighted by Gasteiger charge is 2.09. The monoisotopic (exact) mass is 256 g/mol. The lowest BCUT2D eigenvalue weighted by atomic mass is 10.3. The van der Waals surface area contributed by atoms with Crippen LogP contribution in [0.25, 0.3) is 0 Å². The van der Waals surface area contributed by atoms with Crippen molar-refractivity contribution in [2.75, 3.05) is 13.2 Å². The van der Waals surface area contributed by atoms with Gasteiger partial charge in [-0.1, -0.05) is 20.8 Å². The van der Waals surface area contributed by atoms with Crippen molar-refractivity contribution >= 4 is 11.3 Å². The quantitative estimate of drug-likeness (QED) is 0.726. The molecule has 0 saturated carbocycles. The molecule has 0 aliphatic rings. The van der Waals surface area contributed by atoms with E-state index in [9.17, 15) is 0 Å². The summed E-state index contributed by atoms with van der Waals surface area (Å²) < 4.78 is 5.37. The van der Waals surface area contributed by atoms with Gasteiger partial charge in [0.1, 0.15) is 0 Å². The smallest absolute Gasteiger partial charge is 0.0954 e. The number of nitrogens with one attached hydrogen (secondary N) is 1. The summed E-state index contributed by atoms with van der Waals surface area (Å²) in [5.74, 6) is 0. The Balaban J connectivity index is 2.56. The molecule has 17 heavy (non-hydrogen) atoms. The molecule has 0 unspecified atom stereocenters. The van der Waals surface area contributed by atoms with Gasteiger partial charge in [-0.3, -0.25) is 0 Å². The van der Waals surface area contributed by atoms with Gasteiger partial charge in [-0.25, -0.2) is 4.98 Å². The summed E-state index contributed by atoms with van der Waals surface area (Å²) in [6.45, 7) is 11.0. The van der Waals surface area contributed by atoms with E-state index >= 15 is 0 Å². The molecule has 0 aromatic carbocycles. The van der Waals surface area contributed by atoms with Crippen molar-refractivity contribution in [2.45, 2.75) is 53.1 Å². The molecule has 1 aromatic heterocycles. The van der Waals surface area contributed by atoms with Gasteiger partial charge < -0.3 is 10.1 Å². The van der Waals surface area contributed by atoms with Crippen molar-refractivity contribution < 1.29 is 4.74 Å². The van der Waals surface area contributed by atoms with Gasteiger partial charge in [-0.2, -0.15) is 0 Å². The van der Waals surface area contributed by atoms with Crippen molar-refractivity contribution in [3.8, 4) is 0 Å². The van der Waals surface area contributed by atoms with E-state index < -0.39 is 0 Å². The van der Waals surface area contributed by atoms with Gasteiger partial charge in [0.25, 0.3) is 0 Å². The maximum atomic E-state index is 5.37. The minimum Gasteiger partial charge on any atom is -0.381 e. The van der Waals surface area contributed by atoms with E-state index in [0.29, 0.717) is 6.04 Å². The number of nitrogens with zero attached hydrogens (tertiary/aromatic N) is 1. The number of hydrogen-bond acceptors (Lipinski definition) is 4. The molecule has 1 rings (SSSR count). The summed E-state index contributed by atoms with van der Waals surface area (Å²) in [5, 5.41) is 4.66. The Morgan fingerprint density at radius 3 is 2.71 bits per heavy atom. The van der Waals surface area contributed by atoms with Crippen LogP contribution in [0.1, 0.15) is 43.3 Å². The highest BCUT2D eigenvalue weighted by molar-refractivity contribution is 7.11. The third-order valence-corrected chi connectivity index (χ3v) is 3.65. The average Bonchev–Trinajstić information content (AvgIpc) is 2.69. The fourth-order valence-corrected chi connectivity index (χ4v) is 2.65. The molecule has 0 atom stereocenters. The van der Waals surface area contributed by atoms with E-state index in [0.717, 1.165) is 32.6 Å². The molecule has 0 bridgehead atoms. The van der Waals surface area contributed by atoms with E-state index in [1.54, 1.807) is 0 Å². The van der Waals surface area contributed by atoms with Gasteiger partial charge in [0.05, 0.1) is 17.3 Å². The molecule has 0 aliphatic carbocycles. The summed E-state index contributed by atoms with van der Waals surface area (Å²) in [5.41, 5.74) is 1.25. The standard InChI is InChI=1S/C13H24N2OS/c1-5-11-12(9-14-10(3)4)17-13(15-11)7-8-16-6-2/h10,14H,5-9H2,1-4H3. The minimum atomic E-state index is 0.522. The molecular formula is C13H24N2OS. The van der Waals surface area contributed by atoms with Crippen molar-refractivity contribution in [3.63, 3.8) is 0 Å². The molecule has 98 valence electrons. The Kier molecular flexibility index (Phi) is 6.70. The number of hydrogen-bond donors (Lipinski definition) is 1. The lowest BCUT2D eigenvalue weighted by molar-refractivity contribution is 0.151. The molecular weight excluding hydrogens is 232 g/mol. The van der Waals surface area contributed by atoms with Gasteiger partial charge in [0, 0.05) is 30.5 Å². The first kappa shape index (κ1) is 14.6. The zero-order valence-electron chi connectivity index (χ0n) is 11.4. The Bertz CT molecular complexity index is 323. The molecule has 0 spiro atoms. The van der Waals surface area contributed by atoms with Crippen LogP contribution in [0.15, 0.2) is 0 Å². The Hall–Kier alpha value is -0.450. The largest absolute Gasteiger partial charge is 0.381 e. The van der Waals surface area contributed by atoms with E-state index in [1.807, 2.05) is 18.3 Å². The van der Waals surface area contributed by atoms with Gasteiger partial charge >= 0.3 is 0 Å². The third-order valence-electron chi connectivity index (χ3n) is 2.49. The van der Waals surface area contributed by atoms with Crippen molar-refractivity contribution in [1.82, 2.24) is 10.3 Å². The Morgan fingerprint density at radius 2 is 2.12 bits per heavy atom. The summed E-state index contributed by atoms with van der Waals surface area (Å²) >= 11 is 1.82. The molecule has 0 aliphatic heterocycles. The summed E-state index contributed by atoms with van der Waals surface area (Å²) in [4.78, 5) is 6.06. The maximum Gasteiger partial charge on any atom is 0.0954 e. The number of aryl methyl sites for hydroxylation is 1. The fraction of sp³-hybridized carbons (Fsp3) is 0.769. The molecule has 1 heterocycles. The zero-order chi connectivity index (χ0) is 12.7. The van der Waals surface area contributed by atoms with Gasteiger partial charge in [0.15, 0.2) is 0 Å². The summed E-state index contributed by atoms with van der Waals surface area (Å²) in [6.07, 6.45) is 1.95. The molecule has 1 N–H and O–H groups in total. The molecule has 0 saturated heterocycles. The van der Waals surface area contributed by atoms with Crippen LogP contribution in [0.4, 0.5) is 0 Å².